The van der Waals surface area contributed by atoms with Crippen LogP contribution in [0.15, 0.2) is 0 Å². The molecule has 0 radical (unpaired) electrons. The van der Waals surface area contributed by atoms with Gasteiger partial charge < -0.3 is 20.5 Å². The van der Waals surface area contributed by atoms with Gasteiger partial charge in [0.15, 0.2) is 0 Å². The Balaban J connectivity index is 1.76. The largest absolute Gasteiger partial charge is 0.480 e. The first-order valence-electron chi connectivity index (χ1n) is 6.42. The van der Waals surface area contributed by atoms with Gasteiger partial charge in [-0.15, -0.1) is 0 Å². The minimum atomic E-state index is -0.950. The summed E-state index contributed by atoms with van der Waals surface area (Å²) in [5.41, 5.74) is 0. The Morgan fingerprint density at radius 1 is 1.28 bits per heavy atom. The smallest absolute Gasteiger partial charge is 0.326 e. The number of carboxylic acid groups (broad SMARTS) is 1. The molecule has 0 saturated heterocycles. The molecule has 0 aromatic carbocycles. The molecule has 0 aliphatic heterocycles. The van der Waals surface area contributed by atoms with E-state index in [1.807, 2.05) is 0 Å². The number of urea groups is 1. The van der Waals surface area contributed by atoms with Crippen molar-refractivity contribution in [2.45, 2.75) is 50.3 Å². The number of amides is 2. The van der Waals surface area contributed by atoms with Crippen LogP contribution in [0.3, 0.4) is 0 Å². The second-order valence-electron chi connectivity index (χ2n) is 5.14. The highest BCUT2D eigenvalue weighted by Gasteiger charge is 2.37. The summed E-state index contributed by atoms with van der Waals surface area (Å²) in [7, 11) is 1.67. The van der Waals surface area contributed by atoms with Gasteiger partial charge in [-0.2, -0.15) is 0 Å². The van der Waals surface area contributed by atoms with Crippen LogP contribution >= 0.6 is 0 Å². The first-order chi connectivity index (χ1) is 8.60. The summed E-state index contributed by atoms with van der Waals surface area (Å²) >= 11 is 0. The Bertz CT molecular complexity index is 330. The molecule has 2 aliphatic carbocycles. The molecule has 102 valence electrons. The van der Waals surface area contributed by atoms with Crippen molar-refractivity contribution < 1.29 is 19.4 Å². The molecule has 2 amide bonds. The maximum Gasteiger partial charge on any atom is 0.326 e. The minimum absolute atomic E-state index is 0.0867. The fourth-order valence-corrected chi connectivity index (χ4v) is 2.46. The zero-order valence-electron chi connectivity index (χ0n) is 10.5. The molecule has 2 aliphatic rings. The van der Waals surface area contributed by atoms with Crippen LogP contribution in [-0.4, -0.2) is 42.4 Å². The lowest BCUT2D eigenvalue weighted by Gasteiger charge is -2.17. The molecule has 3 atom stereocenters. The molecule has 3 N–H and O–H groups in total. The van der Waals surface area contributed by atoms with Crippen LogP contribution in [-0.2, 0) is 9.53 Å². The standard InChI is InChI=1S/C12H20N2O4/c1-18-9-5-4-8(6-9)13-12(17)14-10(11(15)16)7-2-3-7/h7-10H,2-6H2,1H3,(H,15,16)(H2,13,14,17). The predicted octanol–water partition coefficient (Wildman–Crippen LogP) is 0.716. The quantitative estimate of drug-likeness (QED) is 0.676. The summed E-state index contributed by atoms with van der Waals surface area (Å²) in [5.74, 6) is -0.850. The van der Waals surface area contributed by atoms with E-state index in [1.54, 1.807) is 7.11 Å². The van der Waals surface area contributed by atoms with Crippen LogP contribution in [0.1, 0.15) is 32.1 Å². The molecule has 2 saturated carbocycles. The fraction of sp³-hybridized carbons (Fsp3) is 0.833. The van der Waals surface area contributed by atoms with Crippen LogP contribution in [0, 0.1) is 5.92 Å². The van der Waals surface area contributed by atoms with Crippen molar-refractivity contribution in [2.24, 2.45) is 5.92 Å². The first-order valence-corrected chi connectivity index (χ1v) is 6.42. The number of hydrogen-bond donors (Lipinski definition) is 3. The average Bonchev–Trinajstić information content (AvgIpc) is 3.06. The number of carbonyl (C=O) groups excluding carboxylic acids is 1. The summed E-state index contributed by atoms with van der Waals surface area (Å²) in [5, 5.41) is 14.4. The van der Waals surface area contributed by atoms with Gasteiger partial charge in [0, 0.05) is 13.2 Å². The Hall–Kier alpha value is -1.30. The van der Waals surface area contributed by atoms with E-state index in [9.17, 15) is 9.59 Å². The van der Waals surface area contributed by atoms with E-state index in [4.69, 9.17) is 9.84 Å². The third-order valence-electron chi connectivity index (χ3n) is 3.70. The summed E-state index contributed by atoms with van der Waals surface area (Å²) in [6.07, 6.45) is 4.58. The van der Waals surface area contributed by atoms with Gasteiger partial charge >= 0.3 is 12.0 Å². The molecule has 2 fully saturated rings. The number of hydrogen-bond acceptors (Lipinski definition) is 3. The van der Waals surface area contributed by atoms with Gasteiger partial charge in [0.25, 0.3) is 0 Å². The second-order valence-corrected chi connectivity index (χ2v) is 5.14. The molecule has 0 aromatic rings. The zero-order chi connectivity index (χ0) is 13.1. The lowest BCUT2D eigenvalue weighted by Crippen LogP contribution is -2.49. The van der Waals surface area contributed by atoms with Crippen molar-refractivity contribution in [1.29, 1.82) is 0 Å². The van der Waals surface area contributed by atoms with E-state index in [-0.39, 0.29) is 24.1 Å². The first kappa shape index (κ1) is 13.1. The number of carbonyl (C=O) groups is 2. The van der Waals surface area contributed by atoms with Crippen molar-refractivity contribution in [2.75, 3.05) is 7.11 Å². The maximum atomic E-state index is 11.7. The third-order valence-corrected chi connectivity index (χ3v) is 3.70. The Kier molecular flexibility index (Phi) is 4.06. The lowest BCUT2D eigenvalue weighted by atomic mass is 10.2. The summed E-state index contributed by atoms with van der Waals surface area (Å²) in [6, 6.07) is -1.04. The molecule has 0 aromatic heterocycles. The van der Waals surface area contributed by atoms with Crippen LogP contribution < -0.4 is 10.6 Å². The van der Waals surface area contributed by atoms with E-state index >= 15 is 0 Å². The summed E-state index contributed by atoms with van der Waals surface area (Å²) < 4.78 is 5.22. The van der Waals surface area contributed by atoms with Crippen molar-refractivity contribution in [3.05, 3.63) is 0 Å². The molecule has 6 nitrogen and oxygen atoms in total. The van der Waals surface area contributed by atoms with Crippen molar-refractivity contribution >= 4 is 12.0 Å². The topological polar surface area (TPSA) is 87.7 Å². The molecular weight excluding hydrogens is 236 g/mol. The number of methoxy groups -OCH3 is 1. The Morgan fingerprint density at radius 2 is 2.00 bits per heavy atom. The number of rotatable bonds is 5. The van der Waals surface area contributed by atoms with Gasteiger partial charge in [-0.05, 0) is 38.0 Å². The number of carboxylic acids is 1. The Labute approximate surface area is 106 Å². The van der Waals surface area contributed by atoms with Crippen LogP contribution in [0.5, 0.6) is 0 Å². The van der Waals surface area contributed by atoms with Crippen LogP contribution in [0.25, 0.3) is 0 Å². The lowest BCUT2D eigenvalue weighted by molar-refractivity contribution is -0.139. The maximum absolute atomic E-state index is 11.7. The van der Waals surface area contributed by atoms with Gasteiger partial charge in [-0.1, -0.05) is 0 Å². The van der Waals surface area contributed by atoms with Gasteiger partial charge in [0.1, 0.15) is 6.04 Å². The summed E-state index contributed by atoms with van der Waals surface area (Å²) in [6.45, 7) is 0. The van der Waals surface area contributed by atoms with Gasteiger partial charge in [-0.25, -0.2) is 9.59 Å². The molecule has 0 heterocycles. The van der Waals surface area contributed by atoms with E-state index in [0.717, 1.165) is 32.1 Å². The third kappa shape index (κ3) is 3.35. The Morgan fingerprint density at radius 3 is 2.50 bits per heavy atom. The SMILES string of the molecule is COC1CCC(NC(=O)NC(C(=O)O)C2CC2)C1. The van der Waals surface area contributed by atoms with Gasteiger partial charge in [0.2, 0.25) is 0 Å². The van der Waals surface area contributed by atoms with Gasteiger partial charge in [-0.3, -0.25) is 0 Å². The van der Waals surface area contributed by atoms with E-state index in [1.165, 1.54) is 0 Å². The predicted molar refractivity (Wildman–Crippen MR) is 64.3 cm³/mol. The van der Waals surface area contributed by atoms with E-state index in [0.29, 0.717) is 0 Å². The molecule has 18 heavy (non-hydrogen) atoms. The molecular formula is C12H20N2O4. The molecule has 2 rings (SSSR count). The zero-order valence-corrected chi connectivity index (χ0v) is 10.5. The number of aliphatic carboxylic acids is 1. The van der Waals surface area contributed by atoms with Crippen molar-refractivity contribution in [1.82, 2.24) is 10.6 Å². The molecule has 0 spiro atoms. The normalized spacial score (nSPS) is 28.7. The fourth-order valence-electron chi connectivity index (χ4n) is 2.46. The van der Waals surface area contributed by atoms with Crippen LogP contribution in [0.4, 0.5) is 4.79 Å². The van der Waals surface area contributed by atoms with E-state index < -0.39 is 12.0 Å². The van der Waals surface area contributed by atoms with Crippen molar-refractivity contribution in [3.63, 3.8) is 0 Å². The molecule has 6 heteroatoms. The molecule has 3 unspecified atom stereocenters. The highest BCUT2D eigenvalue weighted by atomic mass is 16.5. The van der Waals surface area contributed by atoms with Crippen LogP contribution in [0.2, 0.25) is 0 Å². The second kappa shape index (κ2) is 5.56. The highest BCUT2D eigenvalue weighted by Crippen LogP contribution is 2.32. The highest BCUT2D eigenvalue weighted by molar-refractivity contribution is 5.83. The minimum Gasteiger partial charge on any atom is -0.480 e. The monoisotopic (exact) mass is 256 g/mol. The average molecular weight is 256 g/mol. The van der Waals surface area contributed by atoms with E-state index in [2.05, 4.69) is 10.6 Å². The molecule has 0 bridgehead atoms. The van der Waals surface area contributed by atoms with Crippen molar-refractivity contribution in [3.8, 4) is 0 Å². The van der Waals surface area contributed by atoms with Gasteiger partial charge in [0.05, 0.1) is 6.10 Å². The summed E-state index contributed by atoms with van der Waals surface area (Å²) in [4.78, 5) is 22.7. The number of nitrogens with one attached hydrogen (secondary N) is 2. The number of ether oxygens (including phenoxy) is 1.